The first-order chi connectivity index (χ1) is 8.00. The van der Waals surface area contributed by atoms with Gasteiger partial charge in [0.1, 0.15) is 0 Å². The predicted molar refractivity (Wildman–Crippen MR) is 54.6 cm³/mol. The molecule has 2 rings (SSSR count). The first-order valence-corrected chi connectivity index (χ1v) is 5.15. The Balaban J connectivity index is 2.37. The minimum atomic E-state index is -1.50. The summed E-state index contributed by atoms with van der Waals surface area (Å²) in [7, 11) is 0. The Morgan fingerprint density at radius 3 is 2.35 bits per heavy atom. The molecule has 3 N–H and O–H groups in total. The summed E-state index contributed by atoms with van der Waals surface area (Å²) in [5.41, 5.74) is 5.44. The predicted octanol–water partition coefficient (Wildman–Crippen LogP) is 0.892. The summed E-state index contributed by atoms with van der Waals surface area (Å²) in [6, 6.07) is 1.82. The Morgan fingerprint density at radius 2 is 1.82 bits per heavy atom. The number of benzene rings is 1. The molecule has 2 atom stereocenters. The van der Waals surface area contributed by atoms with Crippen LogP contribution in [0.3, 0.4) is 0 Å². The van der Waals surface area contributed by atoms with Gasteiger partial charge in [0.15, 0.2) is 17.5 Å². The molecule has 1 aliphatic heterocycles. The molecule has 0 aliphatic carbocycles. The second-order valence-electron chi connectivity index (χ2n) is 4.07. The summed E-state index contributed by atoms with van der Waals surface area (Å²) in [4.78, 5) is 11.1. The Labute approximate surface area is 95.8 Å². The van der Waals surface area contributed by atoms with Crippen molar-refractivity contribution in [3.05, 3.63) is 35.1 Å². The van der Waals surface area contributed by atoms with Crippen LogP contribution < -0.4 is 11.1 Å². The van der Waals surface area contributed by atoms with Gasteiger partial charge in [-0.2, -0.15) is 0 Å². The number of amides is 1. The topological polar surface area (TPSA) is 55.1 Å². The summed E-state index contributed by atoms with van der Waals surface area (Å²) >= 11 is 0. The molecule has 17 heavy (non-hydrogen) atoms. The van der Waals surface area contributed by atoms with Crippen LogP contribution in [0.2, 0.25) is 0 Å². The van der Waals surface area contributed by atoms with Gasteiger partial charge >= 0.3 is 0 Å². The quantitative estimate of drug-likeness (QED) is 0.759. The van der Waals surface area contributed by atoms with Crippen molar-refractivity contribution in [2.45, 2.75) is 5.92 Å². The zero-order chi connectivity index (χ0) is 12.6. The van der Waals surface area contributed by atoms with Gasteiger partial charge in [0.05, 0.1) is 5.92 Å². The van der Waals surface area contributed by atoms with Crippen molar-refractivity contribution in [1.82, 2.24) is 5.32 Å². The molecule has 92 valence electrons. The van der Waals surface area contributed by atoms with Crippen LogP contribution in [0.4, 0.5) is 13.2 Å². The van der Waals surface area contributed by atoms with E-state index >= 15 is 0 Å². The second-order valence-corrected chi connectivity index (χ2v) is 4.07. The van der Waals surface area contributed by atoms with Crippen LogP contribution in [0.25, 0.3) is 0 Å². The summed E-state index contributed by atoms with van der Waals surface area (Å²) in [5, 5.41) is 2.92. The van der Waals surface area contributed by atoms with E-state index in [9.17, 15) is 18.0 Å². The Morgan fingerprint density at radius 1 is 1.24 bits per heavy atom. The van der Waals surface area contributed by atoms with Crippen LogP contribution in [-0.4, -0.2) is 19.0 Å². The van der Waals surface area contributed by atoms with Gasteiger partial charge in [0.25, 0.3) is 0 Å². The molecule has 1 aromatic rings. The van der Waals surface area contributed by atoms with Crippen LogP contribution in [-0.2, 0) is 4.79 Å². The van der Waals surface area contributed by atoms with Crippen LogP contribution in [0.1, 0.15) is 11.5 Å². The number of nitrogens with two attached hydrogens (primary N) is 1. The lowest BCUT2D eigenvalue weighted by Gasteiger charge is -2.16. The van der Waals surface area contributed by atoms with E-state index in [1.54, 1.807) is 0 Å². The largest absolute Gasteiger partial charge is 0.369 e. The molecule has 0 spiro atoms. The lowest BCUT2D eigenvalue weighted by Crippen LogP contribution is -2.28. The highest BCUT2D eigenvalue weighted by Crippen LogP contribution is 2.29. The Kier molecular flexibility index (Phi) is 3.06. The molecule has 2 unspecified atom stereocenters. The van der Waals surface area contributed by atoms with Gasteiger partial charge in [-0.05, 0) is 17.7 Å². The number of carbonyl (C=O) groups is 1. The monoisotopic (exact) mass is 244 g/mol. The fourth-order valence-electron chi connectivity index (χ4n) is 2.12. The molecule has 0 bridgehead atoms. The summed E-state index contributed by atoms with van der Waals surface area (Å²) < 4.78 is 38.9. The van der Waals surface area contributed by atoms with Crippen molar-refractivity contribution in [3.8, 4) is 0 Å². The van der Waals surface area contributed by atoms with Gasteiger partial charge in [-0.15, -0.1) is 0 Å². The van der Waals surface area contributed by atoms with E-state index in [0.717, 1.165) is 12.1 Å². The average molecular weight is 244 g/mol. The lowest BCUT2D eigenvalue weighted by atomic mass is 9.88. The number of hydrogen-bond donors (Lipinski definition) is 2. The minimum absolute atomic E-state index is 0.246. The van der Waals surface area contributed by atoms with E-state index < -0.39 is 35.2 Å². The number of primary amides is 1. The van der Waals surface area contributed by atoms with E-state index in [1.165, 1.54) is 0 Å². The standard InChI is InChI=1S/C11H11F3N2O/c12-8-1-5(2-9(13)10(8)14)6-3-16-4-7(6)11(15)17/h1-2,6-7,16H,3-4H2,(H2,15,17). The van der Waals surface area contributed by atoms with Gasteiger partial charge in [-0.1, -0.05) is 0 Å². The molecular weight excluding hydrogens is 233 g/mol. The first-order valence-electron chi connectivity index (χ1n) is 5.15. The normalized spacial score (nSPS) is 23.9. The van der Waals surface area contributed by atoms with Gasteiger partial charge in [0, 0.05) is 19.0 Å². The van der Waals surface area contributed by atoms with E-state index in [-0.39, 0.29) is 5.56 Å². The third-order valence-corrected chi connectivity index (χ3v) is 3.01. The fourth-order valence-corrected chi connectivity index (χ4v) is 2.12. The second kappa shape index (κ2) is 4.37. The lowest BCUT2D eigenvalue weighted by molar-refractivity contribution is -0.121. The number of rotatable bonds is 2. The van der Waals surface area contributed by atoms with Crippen LogP contribution in [0.5, 0.6) is 0 Å². The van der Waals surface area contributed by atoms with E-state index in [0.29, 0.717) is 13.1 Å². The van der Waals surface area contributed by atoms with Crippen molar-refractivity contribution >= 4 is 5.91 Å². The first kappa shape index (κ1) is 11.9. The Hall–Kier alpha value is -1.56. The molecule has 0 saturated carbocycles. The minimum Gasteiger partial charge on any atom is -0.369 e. The maximum absolute atomic E-state index is 13.1. The Bertz CT molecular complexity index is 441. The van der Waals surface area contributed by atoms with Crippen LogP contribution >= 0.6 is 0 Å². The highest BCUT2D eigenvalue weighted by atomic mass is 19.2. The molecule has 0 aromatic heterocycles. The number of carbonyl (C=O) groups excluding carboxylic acids is 1. The molecule has 0 radical (unpaired) electrons. The van der Waals surface area contributed by atoms with E-state index in [4.69, 9.17) is 5.73 Å². The highest BCUT2D eigenvalue weighted by Gasteiger charge is 2.33. The van der Waals surface area contributed by atoms with Gasteiger partial charge < -0.3 is 11.1 Å². The third-order valence-electron chi connectivity index (χ3n) is 3.01. The molecule has 1 saturated heterocycles. The molecule has 3 nitrogen and oxygen atoms in total. The molecule has 1 aromatic carbocycles. The molecule has 1 heterocycles. The average Bonchev–Trinajstić information content (AvgIpc) is 2.74. The molecule has 6 heteroatoms. The van der Waals surface area contributed by atoms with Crippen molar-refractivity contribution in [3.63, 3.8) is 0 Å². The number of nitrogens with one attached hydrogen (secondary N) is 1. The zero-order valence-electron chi connectivity index (χ0n) is 8.84. The van der Waals surface area contributed by atoms with Crippen molar-refractivity contribution in [1.29, 1.82) is 0 Å². The maximum Gasteiger partial charge on any atom is 0.222 e. The maximum atomic E-state index is 13.1. The molecule has 1 aliphatic rings. The summed E-state index contributed by atoms with van der Waals surface area (Å²) in [6.45, 7) is 0.749. The third kappa shape index (κ3) is 2.12. The van der Waals surface area contributed by atoms with Crippen molar-refractivity contribution in [2.75, 3.05) is 13.1 Å². The fraction of sp³-hybridized carbons (Fsp3) is 0.364. The summed E-state index contributed by atoms with van der Waals surface area (Å²) in [5.74, 6) is -5.50. The smallest absolute Gasteiger partial charge is 0.222 e. The molecular formula is C11H11F3N2O. The number of hydrogen-bond acceptors (Lipinski definition) is 2. The number of halogens is 3. The van der Waals surface area contributed by atoms with Crippen LogP contribution in [0.15, 0.2) is 12.1 Å². The van der Waals surface area contributed by atoms with Crippen molar-refractivity contribution in [2.24, 2.45) is 11.7 Å². The SMILES string of the molecule is NC(=O)C1CNCC1c1cc(F)c(F)c(F)c1. The van der Waals surface area contributed by atoms with Gasteiger partial charge in [0.2, 0.25) is 5.91 Å². The molecule has 1 fully saturated rings. The summed E-state index contributed by atoms with van der Waals surface area (Å²) in [6.07, 6.45) is 0. The highest BCUT2D eigenvalue weighted by molar-refractivity contribution is 5.78. The van der Waals surface area contributed by atoms with Gasteiger partial charge in [-0.25, -0.2) is 13.2 Å². The van der Waals surface area contributed by atoms with Gasteiger partial charge in [-0.3, -0.25) is 4.79 Å². The van der Waals surface area contributed by atoms with Crippen LogP contribution in [0, 0.1) is 23.4 Å². The van der Waals surface area contributed by atoms with E-state index in [1.807, 2.05) is 0 Å². The van der Waals surface area contributed by atoms with E-state index in [2.05, 4.69) is 5.32 Å². The zero-order valence-corrected chi connectivity index (χ0v) is 8.84. The van der Waals surface area contributed by atoms with Crippen molar-refractivity contribution < 1.29 is 18.0 Å². The molecule has 1 amide bonds.